The van der Waals surface area contributed by atoms with Crippen molar-refractivity contribution in [3.05, 3.63) is 0 Å². The lowest BCUT2D eigenvalue weighted by atomic mass is 9.75. The van der Waals surface area contributed by atoms with Crippen molar-refractivity contribution in [2.45, 2.75) is 83.3 Å². The van der Waals surface area contributed by atoms with E-state index in [-0.39, 0.29) is 0 Å². The van der Waals surface area contributed by atoms with Gasteiger partial charge in [-0.15, -0.1) is 0 Å². The molecule has 0 spiro atoms. The summed E-state index contributed by atoms with van der Waals surface area (Å²) in [6.45, 7) is 4.42. The van der Waals surface area contributed by atoms with Crippen LogP contribution in [0, 0.1) is 5.92 Å². The van der Waals surface area contributed by atoms with Gasteiger partial charge in [-0.05, 0) is 38.0 Å². The van der Waals surface area contributed by atoms with E-state index in [1.165, 1.54) is 19.3 Å². The van der Waals surface area contributed by atoms with Crippen LogP contribution in [-0.2, 0) is 0 Å². The van der Waals surface area contributed by atoms with Crippen LogP contribution in [0.4, 0.5) is 0 Å². The summed E-state index contributed by atoms with van der Waals surface area (Å²) < 4.78 is 0. The van der Waals surface area contributed by atoms with Crippen LogP contribution < -0.4 is 0 Å². The summed E-state index contributed by atoms with van der Waals surface area (Å²) in [5.41, 5.74) is -0.779. The van der Waals surface area contributed by atoms with Gasteiger partial charge >= 0.3 is 0 Å². The highest BCUT2D eigenvalue weighted by molar-refractivity contribution is 4.90. The van der Waals surface area contributed by atoms with Crippen molar-refractivity contribution >= 4 is 0 Å². The molecule has 0 aliphatic heterocycles. The lowest BCUT2D eigenvalue weighted by Crippen LogP contribution is -2.45. The largest absolute Gasteiger partial charge is 0.390 e. The molecule has 2 heteroatoms. The van der Waals surface area contributed by atoms with E-state index in [1.807, 2.05) is 0 Å². The number of unbranched alkanes of at least 4 members (excludes halogenated alkanes) is 3. The number of aliphatic hydroxyl groups is 2. The van der Waals surface area contributed by atoms with Crippen LogP contribution in [0.2, 0.25) is 0 Å². The molecule has 0 saturated heterocycles. The zero-order valence-electron chi connectivity index (χ0n) is 10.9. The van der Waals surface area contributed by atoms with Crippen LogP contribution in [0.25, 0.3) is 0 Å². The molecular weight excluding hydrogens is 200 g/mol. The minimum absolute atomic E-state index is 0.503. The molecule has 0 radical (unpaired) electrons. The molecule has 1 unspecified atom stereocenters. The van der Waals surface area contributed by atoms with E-state index in [1.54, 1.807) is 0 Å². The highest BCUT2D eigenvalue weighted by Crippen LogP contribution is 2.35. The van der Waals surface area contributed by atoms with Crippen LogP contribution in [0.1, 0.15) is 71.6 Å². The van der Waals surface area contributed by atoms with Crippen LogP contribution in [0.3, 0.4) is 0 Å². The first-order chi connectivity index (χ1) is 7.58. The van der Waals surface area contributed by atoms with Crippen molar-refractivity contribution in [1.29, 1.82) is 0 Å². The Bertz CT molecular complexity index is 183. The van der Waals surface area contributed by atoms with Gasteiger partial charge in [-0.2, -0.15) is 0 Å². The number of hydrogen-bond donors (Lipinski definition) is 2. The maximum absolute atomic E-state index is 10.4. The second-order valence-corrected chi connectivity index (χ2v) is 5.65. The maximum Gasteiger partial charge on any atom is 0.0905 e. The van der Waals surface area contributed by atoms with Gasteiger partial charge in [-0.1, -0.05) is 39.5 Å². The fourth-order valence-electron chi connectivity index (χ4n) is 2.63. The van der Waals surface area contributed by atoms with Crippen molar-refractivity contribution < 1.29 is 10.2 Å². The first-order valence-corrected chi connectivity index (χ1v) is 6.99. The molecule has 2 nitrogen and oxygen atoms in total. The van der Waals surface area contributed by atoms with Gasteiger partial charge < -0.3 is 10.2 Å². The molecule has 1 saturated carbocycles. The van der Waals surface area contributed by atoms with E-state index in [9.17, 15) is 10.2 Å². The minimum Gasteiger partial charge on any atom is -0.390 e. The molecule has 1 aliphatic carbocycles. The van der Waals surface area contributed by atoms with Gasteiger partial charge in [0, 0.05) is 0 Å². The highest BCUT2D eigenvalue weighted by atomic mass is 16.3. The Labute approximate surface area is 100 Å². The summed E-state index contributed by atoms with van der Waals surface area (Å²) in [6, 6.07) is 0. The first kappa shape index (κ1) is 14.0. The van der Waals surface area contributed by atoms with E-state index in [0.717, 1.165) is 38.5 Å². The number of rotatable bonds is 6. The highest BCUT2D eigenvalue weighted by Gasteiger charge is 2.37. The predicted octanol–water partition coefficient (Wildman–Crippen LogP) is 3.26. The fraction of sp³-hybridized carbons (Fsp3) is 1.00. The SMILES string of the molecule is CCCCCCC(O)C1(O)CCC(C)CC1. The predicted molar refractivity (Wildman–Crippen MR) is 67.3 cm³/mol. The van der Waals surface area contributed by atoms with Crippen molar-refractivity contribution in [3.8, 4) is 0 Å². The molecule has 1 aliphatic rings. The second kappa shape index (κ2) is 6.61. The van der Waals surface area contributed by atoms with Gasteiger partial charge in [0.2, 0.25) is 0 Å². The molecule has 0 aromatic carbocycles. The van der Waals surface area contributed by atoms with Crippen molar-refractivity contribution in [2.24, 2.45) is 5.92 Å². The Morgan fingerprint density at radius 3 is 2.38 bits per heavy atom. The minimum atomic E-state index is -0.779. The molecule has 1 fully saturated rings. The third kappa shape index (κ3) is 4.06. The molecular formula is C14H28O2. The van der Waals surface area contributed by atoms with Gasteiger partial charge in [-0.3, -0.25) is 0 Å². The van der Waals surface area contributed by atoms with Gasteiger partial charge in [0.1, 0.15) is 0 Å². The molecule has 96 valence electrons. The average Bonchev–Trinajstić information content (AvgIpc) is 2.28. The Morgan fingerprint density at radius 2 is 1.81 bits per heavy atom. The van der Waals surface area contributed by atoms with E-state index in [4.69, 9.17) is 0 Å². The Morgan fingerprint density at radius 1 is 1.19 bits per heavy atom. The van der Waals surface area contributed by atoms with Crippen molar-refractivity contribution in [1.82, 2.24) is 0 Å². The molecule has 2 N–H and O–H groups in total. The van der Waals surface area contributed by atoms with Crippen molar-refractivity contribution in [3.63, 3.8) is 0 Å². The van der Waals surface area contributed by atoms with Gasteiger partial charge in [-0.25, -0.2) is 0 Å². The summed E-state index contributed by atoms with van der Waals surface area (Å²) in [6.07, 6.45) is 8.63. The lowest BCUT2D eigenvalue weighted by molar-refractivity contribution is -0.106. The monoisotopic (exact) mass is 228 g/mol. The number of aliphatic hydroxyl groups excluding tert-OH is 1. The summed E-state index contributed by atoms with van der Waals surface area (Å²) >= 11 is 0. The summed E-state index contributed by atoms with van der Waals surface area (Å²) in [7, 11) is 0. The van der Waals surface area contributed by atoms with E-state index in [2.05, 4.69) is 13.8 Å². The van der Waals surface area contributed by atoms with Gasteiger partial charge in [0.15, 0.2) is 0 Å². The van der Waals surface area contributed by atoms with Gasteiger partial charge in [0.05, 0.1) is 11.7 Å². The standard InChI is InChI=1S/C14H28O2/c1-3-4-5-6-7-13(15)14(16)10-8-12(2)9-11-14/h12-13,15-16H,3-11H2,1-2H3. The zero-order valence-corrected chi connectivity index (χ0v) is 10.9. The Balaban J connectivity index is 2.26. The van der Waals surface area contributed by atoms with Crippen molar-refractivity contribution in [2.75, 3.05) is 0 Å². The quantitative estimate of drug-likeness (QED) is 0.685. The molecule has 0 amide bonds. The van der Waals surface area contributed by atoms with Crippen LogP contribution in [0.15, 0.2) is 0 Å². The first-order valence-electron chi connectivity index (χ1n) is 6.99. The molecule has 0 aromatic heterocycles. The van der Waals surface area contributed by atoms with E-state index >= 15 is 0 Å². The van der Waals surface area contributed by atoms with Crippen LogP contribution in [-0.4, -0.2) is 21.9 Å². The summed E-state index contributed by atoms with van der Waals surface area (Å²) in [5, 5.41) is 20.4. The zero-order chi connectivity index (χ0) is 12.0. The topological polar surface area (TPSA) is 40.5 Å². The molecule has 0 bridgehead atoms. The Kier molecular flexibility index (Phi) is 5.77. The smallest absolute Gasteiger partial charge is 0.0905 e. The normalized spacial score (nSPS) is 32.6. The summed E-state index contributed by atoms with van der Waals surface area (Å²) in [5.74, 6) is 0.715. The summed E-state index contributed by atoms with van der Waals surface area (Å²) in [4.78, 5) is 0. The number of hydrogen-bond acceptors (Lipinski definition) is 2. The van der Waals surface area contributed by atoms with E-state index in [0.29, 0.717) is 5.92 Å². The molecule has 0 aromatic rings. The second-order valence-electron chi connectivity index (χ2n) is 5.65. The van der Waals surface area contributed by atoms with E-state index < -0.39 is 11.7 Å². The van der Waals surface area contributed by atoms with Crippen LogP contribution in [0.5, 0.6) is 0 Å². The Hall–Kier alpha value is -0.0800. The van der Waals surface area contributed by atoms with Gasteiger partial charge in [0.25, 0.3) is 0 Å². The fourth-order valence-corrected chi connectivity index (χ4v) is 2.63. The maximum atomic E-state index is 10.4. The third-order valence-corrected chi connectivity index (χ3v) is 4.09. The van der Waals surface area contributed by atoms with Crippen LogP contribution >= 0.6 is 0 Å². The lowest BCUT2D eigenvalue weighted by Gasteiger charge is -2.38. The average molecular weight is 228 g/mol. The molecule has 1 atom stereocenters. The molecule has 1 rings (SSSR count). The third-order valence-electron chi connectivity index (χ3n) is 4.09. The molecule has 16 heavy (non-hydrogen) atoms. The molecule has 0 heterocycles.